The van der Waals surface area contributed by atoms with E-state index < -0.39 is 0 Å². The monoisotopic (exact) mass is 235 g/mol. The van der Waals surface area contributed by atoms with Gasteiger partial charge in [0, 0.05) is 25.9 Å². The Labute approximate surface area is 103 Å². The summed E-state index contributed by atoms with van der Waals surface area (Å²) in [5.41, 5.74) is 1.05. The quantitative estimate of drug-likeness (QED) is 0.820. The number of methoxy groups -OCH3 is 1. The van der Waals surface area contributed by atoms with Gasteiger partial charge in [-0.2, -0.15) is 0 Å². The second kappa shape index (κ2) is 5.56. The summed E-state index contributed by atoms with van der Waals surface area (Å²) in [7, 11) is 1.71. The molecule has 1 aromatic heterocycles. The lowest BCUT2D eigenvalue weighted by molar-refractivity contribution is 0.0572. The van der Waals surface area contributed by atoms with Gasteiger partial charge in [0.2, 0.25) is 0 Å². The van der Waals surface area contributed by atoms with Gasteiger partial charge in [0.25, 0.3) is 0 Å². The maximum absolute atomic E-state index is 5.45. The molecular weight excluding hydrogens is 214 g/mol. The van der Waals surface area contributed by atoms with E-state index in [-0.39, 0.29) is 6.10 Å². The van der Waals surface area contributed by atoms with Gasteiger partial charge in [0.15, 0.2) is 5.82 Å². The molecule has 1 saturated carbocycles. The van der Waals surface area contributed by atoms with Crippen LogP contribution in [0.15, 0.2) is 12.3 Å². The van der Waals surface area contributed by atoms with Gasteiger partial charge >= 0.3 is 0 Å². The van der Waals surface area contributed by atoms with Gasteiger partial charge in [-0.15, -0.1) is 0 Å². The molecule has 1 aliphatic rings. The number of nitrogens with one attached hydrogen (secondary N) is 1. The lowest BCUT2D eigenvalue weighted by atomic mass is 10.1. The first-order chi connectivity index (χ1) is 8.20. The molecule has 1 heterocycles. The molecule has 0 aliphatic heterocycles. The minimum atomic E-state index is -0.0177. The second-order valence-electron chi connectivity index (χ2n) is 4.96. The van der Waals surface area contributed by atoms with Crippen LogP contribution in [0.2, 0.25) is 0 Å². The number of rotatable bonds is 6. The van der Waals surface area contributed by atoms with Crippen molar-refractivity contribution in [3.05, 3.63) is 23.8 Å². The highest BCUT2D eigenvalue weighted by Crippen LogP contribution is 2.22. The van der Waals surface area contributed by atoms with E-state index in [9.17, 15) is 0 Å². The molecule has 1 N–H and O–H groups in total. The fourth-order valence-electron chi connectivity index (χ4n) is 1.86. The van der Waals surface area contributed by atoms with Crippen LogP contribution in [0.4, 0.5) is 0 Å². The Morgan fingerprint density at radius 3 is 2.82 bits per heavy atom. The van der Waals surface area contributed by atoms with Gasteiger partial charge in [0.05, 0.1) is 5.69 Å². The number of nitrogens with zero attached hydrogens (tertiary/aromatic N) is 2. The molecule has 0 saturated heterocycles. The summed E-state index contributed by atoms with van der Waals surface area (Å²) in [4.78, 5) is 8.88. The summed E-state index contributed by atoms with van der Waals surface area (Å²) >= 11 is 0. The Balaban J connectivity index is 2.03. The molecule has 94 valence electrons. The third-order valence-corrected chi connectivity index (χ3v) is 3.00. The average molecular weight is 235 g/mol. The number of ether oxygens (including phenoxy) is 1. The first-order valence-corrected chi connectivity index (χ1v) is 6.28. The zero-order valence-electron chi connectivity index (χ0n) is 10.8. The fraction of sp³-hybridized carbons (Fsp3) is 0.692. The van der Waals surface area contributed by atoms with Crippen molar-refractivity contribution in [2.45, 2.75) is 45.4 Å². The van der Waals surface area contributed by atoms with Crippen LogP contribution in [0.25, 0.3) is 0 Å². The highest BCUT2D eigenvalue weighted by Gasteiger charge is 2.21. The van der Waals surface area contributed by atoms with Crippen molar-refractivity contribution in [3.8, 4) is 0 Å². The van der Waals surface area contributed by atoms with E-state index >= 15 is 0 Å². The molecule has 0 bridgehead atoms. The molecule has 1 fully saturated rings. The number of aromatic nitrogens is 2. The Bertz CT molecular complexity index is 363. The Hall–Kier alpha value is -1.00. The molecule has 2 rings (SSSR count). The molecule has 1 aromatic rings. The van der Waals surface area contributed by atoms with Gasteiger partial charge in [-0.05, 0) is 24.8 Å². The van der Waals surface area contributed by atoms with Crippen molar-refractivity contribution < 1.29 is 4.74 Å². The van der Waals surface area contributed by atoms with Crippen molar-refractivity contribution in [1.82, 2.24) is 15.3 Å². The molecule has 0 radical (unpaired) electrons. The molecular formula is C13H21N3O. The van der Waals surface area contributed by atoms with Crippen molar-refractivity contribution in [3.63, 3.8) is 0 Å². The van der Waals surface area contributed by atoms with E-state index in [4.69, 9.17) is 4.74 Å². The third kappa shape index (κ3) is 3.48. The van der Waals surface area contributed by atoms with E-state index in [2.05, 4.69) is 29.1 Å². The van der Waals surface area contributed by atoms with Crippen LogP contribution in [0, 0.1) is 5.92 Å². The van der Waals surface area contributed by atoms with E-state index in [1.54, 1.807) is 7.11 Å². The van der Waals surface area contributed by atoms with Crippen LogP contribution in [-0.2, 0) is 11.3 Å². The summed E-state index contributed by atoms with van der Waals surface area (Å²) < 4.78 is 5.45. The minimum Gasteiger partial charge on any atom is -0.373 e. The van der Waals surface area contributed by atoms with E-state index in [0.29, 0.717) is 12.0 Å². The Kier molecular flexibility index (Phi) is 4.07. The SMILES string of the molecule is COC(c1nccc(CNC2CC2)n1)C(C)C. The van der Waals surface area contributed by atoms with Crippen molar-refractivity contribution in [2.24, 2.45) is 5.92 Å². The molecule has 4 nitrogen and oxygen atoms in total. The normalized spacial score (nSPS) is 17.4. The molecule has 4 heteroatoms. The largest absolute Gasteiger partial charge is 0.373 e. The van der Waals surface area contributed by atoms with Crippen LogP contribution in [-0.4, -0.2) is 23.1 Å². The highest BCUT2D eigenvalue weighted by molar-refractivity contribution is 5.05. The van der Waals surface area contributed by atoms with Crippen LogP contribution in [0.3, 0.4) is 0 Å². The van der Waals surface area contributed by atoms with Gasteiger partial charge in [-0.25, -0.2) is 9.97 Å². The standard InChI is InChI=1S/C13H21N3O/c1-9(2)12(17-3)13-14-7-6-11(16-13)8-15-10-4-5-10/h6-7,9-10,12,15H,4-5,8H2,1-3H3. The lowest BCUT2D eigenvalue weighted by Gasteiger charge is -2.18. The minimum absolute atomic E-state index is 0.0177. The molecule has 1 unspecified atom stereocenters. The van der Waals surface area contributed by atoms with E-state index in [1.165, 1.54) is 12.8 Å². The molecule has 0 spiro atoms. The maximum Gasteiger partial charge on any atom is 0.157 e. The van der Waals surface area contributed by atoms with Crippen molar-refractivity contribution in [1.29, 1.82) is 0 Å². The van der Waals surface area contributed by atoms with Crippen LogP contribution in [0.1, 0.15) is 44.3 Å². The first kappa shape index (κ1) is 12.5. The summed E-state index contributed by atoms with van der Waals surface area (Å²) in [6.45, 7) is 5.06. The molecule has 1 aliphatic carbocycles. The Morgan fingerprint density at radius 1 is 1.47 bits per heavy atom. The summed E-state index contributed by atoms with van der Waals surface area (Å²) in [6.07, 6.45) is 4.39. The smallest absolute Gasteiger partial charge is 0.157 e. The summed E-state index contributed by atoms with van der Waals surface area (Å²) in [6, 6.07) is 2.67. The first-order valence-electron chi connectivity index (χ1n) is 6.28. The van der Waals surface area contributed by atoms with Crippen LogP contribution < -0.4 is 5.32 Å². The number of hydrogen-bond donors (Lipinski definition) is 1. The predicted octanol–water partition coefficient (Wildman–Crippen LogP) is 2.07. The third-order valence-electron chi connectivity index (χ3n) is 3.00. The molecule has 1 atom stereocenters. The molecule has 17 heavy (non-hydrogen) atoms. The van der Waals surface area contributed by atoms with Gasteiger partial charge in [0.1, 0.15) is 6.10 Å². The zero-order chi connectivity index (χ0) is 12.3. The Morgan fingerprint density at radius 2 is 2.24 bits per heavy atom. The van der Waals surface area contributed by atoms with Gasteiger partial charge < -0.3 is 10.1 Å². The fourth-order valence-corrected chi connectivity index (χ4v) is 1.86. The van der Waals surface area contributed by atoms with Crippen LogP contribution in [0.5, 0.6) is 0 Å². The van der Waals surface area contributed by atoms with Crippen LogP contribution >= 0.6 is 0 Å². The van der Waals surface area contributed by atoms with Gasteiger partial charge in [-0.3, -0.25) is 0 Å². The summed E-state index contributed by atoms with van der Waals surface area (Å²) in [5.74, 6) is 1.17. The maximum atomic E-state index is 5.45. The van der Waals surface area contributed by atoms with Crippen molar-refractivity contribution in [2.75, 3.05) is 7.11 Å². The predicted molar refractivity (Wildman–Crippen MR) is 66.5 cm³/mol. The second-order valence-corrected chi connectivity index (χ2v) is 4.96. The van der Waals surface area contributed by atoms with Gasteiger partial charge in [-0.1, -0.05) is 13.8 Å². The number of hydrogen-bond acceptors (Lipinski definition) is 4. The van der Waals surface area contributed by atoms with E-state index in [0.717, 1.165) is 18.1 Å². The highest BCUT2D eigenvalue weighted by atomic mass is 16.5. The molecule has 0 aromatic carbocycles. The molecule has 0 amide bonds. The van der Waals surface area contributed by atoms with E-state index in [1.807, 2.05) is 12.3 Å². The summed E-state index contributed by atoms with van der Waals surface area (Å²) in [5, 5.41) is 3.46. The average Bonchev–Trinajstić information content (AvgIpc) is 3.11. The zero-order valence-corrected chi connectivity index (χ0v) is 10.8. The lowest BCUT2D eigenvalue weighted by Crippen LogP contribution is -2.18. The van der Waals surface area contributed by atoms with Crippen molar-refractivity contribution >= 4 is 0 Å². The topological polar surface area (TPSA) is 47.0 Å².